The Morgan fingerprint density at radius 1 is 0.263 bits per heavy atom. The summed E-state index contributed by atoms with van der Waals surface area (Å²) in [5, 5.41) is 0. The first-order valence-electron chi connectivity index (χ1n) is 35.3. The number of rotatable bonds is 65. The minimum Gasteiger partial charge on any atom is -0.462 e. The van der Waals surface area contributed by atoms with Crippen LogP contribution in [-0.2, 0) is 28.6 Å². The lowest BCUT2D eigenvalue weighted by atomic mass is 10.0. The second-order valence-corrected chi connectivity index (χ2v) is 23.8. The molecule has 1 atom stereocenters. The highest BCUT2D eigenvalue weighted by Crippen LogP contribution is 2.18. The van der Waals surface area contributed by atoms with Crippen molar-refractivity contribution < 1.29 is 28.6 Å². The van der Waals surface area contributed by atoms with E-state index in [2.05, 4.69) is 81.5 Å². The van der Waals surface area contributed by atoms with Gasteiger partial charge in [0.25, 0.3) is 0 Å². The average molecular weight is 1120 g/mol. The summed E-state index contributed by atoms with van der Waals surface area (Å²) in [4.78, 5) is 38.4. The van der Waals surface area contributed by atoms with Crippen LogP contribution in [0.15, 0.2) is 60.8 Å². The first-order valence-corrected chi connectivity index (χ1v) is 35.3. The second-order valence-electron chi connectivity index (χ2n) is 23.8. The predicted octanol–water partition coefficient (Wildman–Crippen LogP) is 24.3. The molecule has 0 aromatic rings. The van der Waals surface area contributed by atoms with Gasteiger partial charge in [0.1, 0.15) is 13.2 Å². The Morgan fingerprint density at radius 2 is 0.487 bits per heavy atom. The third-order valence-electron chi connectivity index (χ3n) is 15.8. The van der Waals surface area contributed by atoms with Crippen LogP contribution in [0.5, 0.6) is 0 Å². The Bertz CT molecular complexity index is 1430. The SMILES string of the molecule is CC/C=C\C/C=C\C/C=C\C/C=C\CCCCCCCCCCCCCCCCCCC(=O)OCC(COC(=O)CCCCCCC/C=C\CCCCCCCC)OC(=O)CCCCCCCCCCCCCCCCCCCC. The summed E-state index contributed by atoms with van der Waals surface area (Å²) in [5.41, 5.74) is 0. The third kappa shape index (κ3) is 65.9. The van der Waals surface area contributed by atoms with Crippen molar-refractivity contribution in [1.29, 1.82) is 0 Å². The van der Waals surface area contributed by atoms with Gasteiger partial charge in [-0.3, -0.25) is 14.4 Å². The lowest BCUT2D eigenvalue weighted by molar-refractivity contribution is -0.167. The van der Waals surface area contributed by atoms with Crippen molar-refractivity contribution in [3.05, 3.63) is 60.8 Å². The smallest absolute Gasteiger partial charge is 0.306 e. The molecule has 0 amide bonds. The van der Waals surface area contributed by atoms with Gasteiger partial charge in [-0.15, -0.1) is 0 Å². The molecule has 0 radical (unpaired) electrons. The summed E-state index contributed by atoms with van der Waals surface area (Å²) in [6, 6.07) is 0. The molecule has 0 aromatic heterocycles. The van der Waals surface area contributed by atoms with Crippen molar-refractivity contribution in [3.63, 3.8) is 0 Å². The topological polar surface area (TPSA) is 78.9 Å². The second kappa shape index (κ2) is 68.6. The predicted molar refractivity (Wildman–Crippen MR) is 348 cm³/mol. The lowest BCUT2D eigenvalue weighted by Gasteiger charge is -2.18. The van der Waals surface area contributed by atoms with Gasteiger partial charge in [-0.05, 0) is 83.5 Å². The molecule has 0 aliphatic rings. The van der Waals surface area contributed by atoms with E-state index >= 15 is 0 Å². The summed E-state index contributed by atoms with van der Waals surface area (Å²) in [6.45, 7) is 6.58. The molecule has 0 spiro atoms. The summed E-state index contributed by atoms with van der Waals surface area (Å²) >= 11 is 0. The number of hydrogen-bond donors (Lipinski definition) is 0. The molecule has 6 heteroatoms. The monoisotopic (exact) mass is 1120 g/mol. The van der Waals surface area contributed by atoms with Gasteiger partial charge < -0.3 is 14.2 Å². The van der Waals surface area contributed by atoms with Crippen LogP contribution in [0.3, 0.4) is 0 Å². The highest BCUT2D eigenvalue weighted by Gasteiger charge is 2.19. The number of allylic oxidation sites excluding steroid dienone is 10. The van der Waals surface area contributed by atoms with E-state index in [1.165, 1.54) is 244 Å². The number of hydrogen-bond acceptors (Lipinski definition) is 6. The molecule has 0 aromatic carbocycles. The minimum atomic E-state index is -0.775. The highest BCUT2D eigenvalue weighted by molar-refractivity contribution is 5.71. The van der Waals surface area contributed by atoms with Gasteiger partial charge in [0.05, 0.1) is 0 Å². The standard InChI is InChI=1S/C74H134O6/c1-4-7-10-13-16-19-22-25-28-30-32-33-34-35-36-37-38-39-40-41-42-44-46-49-52-55-58-61-64-67-73(76)79-70-71(69-78-72(75)66-63-60-57-54-51-48-45-27-24-21-18-15-12-9-6-3)80-74(77)68-65-62-59-56-53-50-47-43-31-29-26-23-20-17-14-11-8-5-2/h7,10,16,19,25,27-28,32-33,45,71H,4-6,8-9,11-15,17-18,20-24,26,29-31,34-44,46-70H2,1-3H3/b10-7-,19-16-,28-25-,33-32-,45-27-. The van der Waals surface area contributed by atoms with Gasteiger partial charge in [0.2, 0.25) is 0 Å². The van der Waals surface area contributed by atoms with E-state index in [-0.39, 0.29) is 31.1 Å². The zero-order valence-electron chi connectivity index (χ0n) is 53.6. The van der Waals surface area contributed by atoms with E-state index in [1.807, 2.05) is 0 Å². The molecule has 0 rings (SSSR count). The van der Waals surface area contributed by atoms with Crippen LogP contribution in [0.2, 0.25) is 0 Å². The molecule has 0 aliphatic heterocycles. The highest BCUT2D eigenvalue weighted by atomic mass is 16.6. The van der Waals surface area contributed by atoms with Crippen molar-refractivity contribution in [2.75, 3.05) is 13.2 Å². The van der Waals surface area contributed by atoms with Crippen LogP contribution in [0, 0.1) is 0 Å². The van der Waals surface area contributed by atoms with Gasteiger partial charge in [-0.25, -0.2) is 0 Å². The van der Waals surface area contributed by atoms with Crippen LogP contribution in [0.4, 0.5) is 0 Å². The molecule has 80 heavy (non-hydrogen) atoms. The summed E-state index contributed by atoms with van der Waals surface area (Å²) in [7, 11) is 0. The van der Waals surface area contributed by atoms with Crippen LogP contribution in [0.25, 0.3) is 0 Å². The third-order valence-corrected chi connectivity index (χ3v) is 15.8. The summed E-state index contributed by atoms with van der Waals surface area (Å²) in [5.74, 6) is -0.853. The molecule has 0 fully saturated rings. The van der Waals surface area contributed by atoms with E-state index in [9.17, 15) is 14.4 Å². The van der Waals surface area contributed by atoms with Gasteiger partial charge in [0, 0.05) is 19.3 Å². The van der Waals surface area contributed by atoms with Crippen molar-refractivity contribution in [2.45, 2.75) is 380 Å². The van der Waals surface area contributed by atoms with Crippen molar-refractivity contribution in [3.8, 4) is 0 Å². The van der Waals surface area contributed by atoms with E-state index in [0.717, 1.165) is 89.9 Å². The normalized spacial score (nSPS) is 12.4. The molecule has 466 valence electrons. The zero-order chi connectivity index (χ0) is 57.8. The first kappa shape index (κ1) is 77.1. The molecule has 0 aliphatic carbocycles. The molecular weight excluding hydrogens is 985 g/mol. The average Bonchev–Trinajstić information content (AvgIpc) is 3.46. The maximum atomic E-state index is 12.9. The Kier molecular flexibility index (Phi) is 66.1. The maximum absolute atomic E-state index is 12.9. The number of carbonyl (C=O) groups is 3. The summed E-state index contributed by atoms with van der Waals surface area (Å²) in [6.07, 6.45) is 88.2. The fourth-order valence-corrected chi connectivity index (χ4v) is 10.5. The van der Waals surface area contributed by atoms with Crippen LogP contribution in [-0.4, -0.2) is 37.2 Å². The summed E-state index contributed by atoms with van der Waals surface area (Å²) < 4.78 is 17.0. The van der Waals surface area contributed by atoms with Gasteiger partial charge in [-0.1, -0.05) is 332 Å². The van der Waals surface area contributed by atoms with Gasteiger partial charge in [0.15, 0.2) is 6.10 Å². The quantitative estimate of drug-likeness (QED) is 0.0261. The van der Waals surface area contributed by atoms with Crippen molar-refractivity contribution >= 4 is 17.9 Å². The van der Waals surface area contributed by atoms with E-state index < -0.39 is 6.10 Å². The van der Waals surface area contributed by atoms with E-state index in [0.29, 0.717) is 19.3 Å². The van der Waals surface area contributed by atoms with Gasteiger partial charge >= 0.3 is 17.9 Å². The Labute approximate surface area is 498 Å². The van der Waals surface area contributed by atoms with E-state index in [4.69, 9.17) is 14.2 Å². The fourth-order valence-electron chi connectivity index (χ4n) is 10.5. The fraction of sp³-hybridized carbons (Fsp3) is 0.824. The molecule has 1 unspecified atom stereocenters. The minimum absolute atomic E-state index is 0.0713. The van der Waals surface area contributed by atoms with Crippen molar-refractivity contribution in [1.82, 2.24) is 0 Å². The van der Waals surface area contributed by atoms with E-state index in [1.54, 1.807) is 0 Å². The molecule has 0 heterocycles. The molecule has 0 N–H and O–H groups in total. The molecule has 0 saturated carbocycles. The molecule has 0 saturated heterocycles. The van der Waals surface area contributed by atoms with Crippen LogP contribution < -0.4 is 0 Å². The number of esters is 3. The zero-order valence-corrected chi connectivity index (χ0v) is 53.6. The van der Waals surface area contributed by atoms with Crippen molar-refractivity contribution in [2.24, 2.45) is 0 Å². The number of unbranched alkanes of at least 4 members (excludes halogenated alkanes) is 44. The Balaban J connectivity index is 4.23. The molecule has 0 bridgehead atoms. The molecular formula is C74H134O6. The lowest BCUT2D eigenvalue weighted by Crippen LogP contribution is -2.30. The number of ether oxygens (including phenoxy) is 3. The Morgan fingerprint density at radius 3 is 0.775 bits per heavy atom. The Hall–Kier alpha value is -2.89. The number of carbonyl (C=O) groups excluding carboxylic acids is 3. The molecule has 6 nitrogen and oxygen atoms in total. The van der Waals surface area contributed by atoms with Gasteiger partial charge in [-0.2, -0.15) is 0 Å². The maximum Gasteiger partial charge on any atom is 0.306 e. The van der Waals surface area contributed by atoms with Crippen LogP contribution >= 0.6 is 0 Å². The van der Waals surface area contributed by atoms with Crippen LogP contribution in [0.1, 0.15) is 374 Å². The first-order chi connectivity index (χ1) is 39.5. The largest absolute Gasteiger partial charge is 0.462 e.